The molecule has 0 spiro atoms. The summed E-state index contributed by atoms with van der Waals surface area (Å²) < 4.78 is 5.20. The van der Waals surface area contributed by atoms with E-state index >= 15 is 0 Å². The molecule has 0 radical (unpaired) electrons. The van der Waals surface area contributed by atoms with Crippen molar-refractivity contribution in [1.82, 2.24) is 5.32 Å². The summed E-state index contributed by atoms with van der Waals surface area (Å²) in [4.78, 5) is 38.7. The molecule has 29 heavy (non-hydrogen) atoms. The molecule has 0 saturated heterocycles. The number of carbonyl (C=O) groups excluding carboxylic acids is 3. The molecule has 4 rings (SSSR count). The zero-order valence-corrected chi connectivity index (χ0v) is 17.1. The van der Waals surface area contributed by atoms with Crippen LogP contribution in [0.15, 0.2) is 30.3 Å². The summed E-state index contributed by atoms with van der Waals surface area (Å²) in [5.74, 6) is -0.533. The fraction of sp³-hybridized carbons (Fsp3) is 0.409. The molecule has 1 aromatic heterocycles. The monoisotopic (exact) mass is 412 g/mol. The number of nitrogens with one attached hydrogen (secondary N) is 2. The molecule has 1 fully saturated rings. The maximum Gasteiger partial charge on any atom is 0.348 e. The number of anilines is 1. The number of benzene rings is 1. The minimum Gasteiger partial charge on any atom is -0.451 e. The van der Waals surface area contributed by atoms with Crippen LogP contribution in [0.4, 0.5) is 5.69 Å². The molecule has 0 aliphatic heterocycles. The second-order valence-corrected chi connectivity index (χ2v) is 8.96. The molecule has 2 amide bonds. The lowest BCUT2D eigenvalue weighted by Gasteiger charge is -2.16. The molecular weight excluding hydrogens is 388 g/mol. The predicted octanol–water partition coefficient (Wildman–Crippen LogP) is 3.56. The molecule has 1 atom stereocenters. The number of thiophene rings is 1. The van der Waals surface area contributed by atoms with Gasteiger partial charge in [0.05, 0.1) is 11.3 Å². The van der Waals surface area contributed by atoms with Crippen molar-refractivity contribution in [1.29, 1.82) is 0 Å². The summed E-state index contributed by atoms with van der Waals surface area (Å²) >= 11 is 1.46. The lowest BCUT2D eigenvalue weighted by Crippen LogP contribution is -2.27. The Hall–Kier alpha value is -2.67. The van der Waals surface area contributed by atoms with Gasteiger partial charge < -0.3 is 15.4 Å². The highest BCUT2D eigenvalue weighted by atomic mass is 32.1. The van der Waals surface area contributed by atoms with Gasteiger partial charge in [-0.3, -0.25) is 9.59 Å². The molecule has 2 N–H and O–H groups in total. The van der Waals surface area contributed by atoms with Gasteiger partial charge in [-0.2, -0.15) is 0 Å². The number of hydrogen-bond acceptors (Lipinski definition) is 5. The average Bonchev–Trinajstić information content (AvgIpc) is 3.41. The Morgan fingerprint density at radius 3 is 2.76 bits per heavy atom. The highest BCUT2D eigenvalue weighted by molar-refractivity contribution is 7.14. The van der Waals surface area contributed by atoms with Crippen molar-refractivity contribution in [3.05, 3.63) is 51.2 Å². The van der Waals surface area contributed by atoms with Gasteiger partial charge in [-0.25, -0.2) is 4.79 Å². The second-order valence-electron chi connectivity index (χ2n) is 7.82. The first-order valence-corrected chi connectivity index (χ1v) is 10.8. The molecular formula is C22H24N2O4S. The number of hydrogen-bond donors (Lipinski definition) is 2. The summed E-state index contributed by atoms with van der Waals surface area (Å²) in [7, 11) is 0. The summed E-state index contributed by atoms with van der Waals surface area (Å²) in [5, 5.41) is 5.58. The first-order chi connectivity index (χ1) is 14.0. The smallest absolute Gasteiger partial charge is 0.348 e. The standard InChI is InChI=1S/C22H24N2O4S/c1-13-6-9-18-14(10-13)11-19(29-18)22(27)28-12-20(25)24-17-5-3-2-4-16(17)21(26)23-15-7-8-15/h2-5,11,13,15H,6-10,12H2,1H3,(H,23,26)(H,24,25)/t13-/m1/s1. The Labute approximate surface area is 173 Å². The SMILES string of the molecule is C[C@@H]1CCc2sc(C(=O)OCC(=O)Nc3ccccc3C(=O)NC3CC3)cc2C1. The van der Waals surface area contributed by atoms with Crippen molar-refractivity contribution in [2.24, 2.45) is 5.92 Å². The minimum atomic E-state index is -0.480. The van der Waals surface area contributed by atoms with Gasteiger partial charge in [0.15, 0.2) is 6.61 Å². The molecule has 0 bridgehead atoms. The van der Waals surface area contributed by atoms with E-state index in [4.69, 9.17) is 4.74 Å². The molecule has 0 unspecified atom stereocenters. The van der Waals surface area contributed by atoms with E-state index in [1.165, 1.54) is 21.8 Å². The van der Waals surface area contributed by atoms with Crippen LogP contribution in [-0.2, 0) is 22.4 Å². The van der Waals surface area contributed by atoms with Gasteiger partial charge in [0, 0.05) is 10.9 Å². The molecule has 1 aromatic carbocycles. The van der Waals surface area contributed by atoms with Crippen LogP contribution in [-0.4, -0.2) is 30.4 Å². The fourth-order valence-electron chi connectivity index (χ4n) is 3.48. The number of carbonyl (C=O) groups is 3. The third-order valence-electron chi connectivity index (χ3n) is 5.22. The molecule has 2 aliphatic rings. The van der Waals surface area contributed by atoms with Crippen molar-refractivity contribution in [3.63, 3.8) is 0 Å². The normalized spacial score (nSPS) is 17.9. The van der Waals surface area contributed by atoms with E-state index in [9.17, 15) is 14.4 Å². The zero-order chi connectivity index (χ0) is 20.4. The first kappa shape index (κ1) is 19.6. The third-order valence-corrected chi connectivity index (χ3v) is 6.44. The maximum absolute atomic E-state index is 12.3. The lowest BCUT2D eigenvalue weighted by molar-refractivity contribution is -0.119. The van der Waals surface area contributed by atoms with Crippen LogP contribution in [0.2, 0.25) is 0 Å². The number of aryl methyl sites for hydroxylation is 1. The van der Waals surface area contributed by atoms with Crippen molar-refractivity contribution >= 4 is 34.8 Å². The Morgan fingerprint density at radius 1 is 1.17 bits per heavy atom. The molecule has 1 heterocycles. The Kier molecular flexibility index (Phi) is 5.67. The topological polar surface area (TPSA) is 84.5 Å². The van der Waals surface area contributed by atoms with E-state index in [0.29, 0.717) is 22.0 Å². The highest BCUT2D eigenvalue weighted by Gasteiger charge is 2.25. The predicted molar refractivity (Wildman–Crippen MR) is 111 cm³/mol. The van der Waals surface area contributed by atoms with E-state index in [1.54, 1.807) is 24.3 Å². The van der Waals surface area contributed by atoms with Crippen LogP contribution in [0.3, 0.4) is 0 Å². The summed E-state index contributed by atoms with van der Waals surface area (Å²) in [5.41, 5.74) is 2.03. The fourth-order valence-corrected chi connectivity index (χ4v) is 4.58. The van der Waals surface area contributed by atoms with Gasteiger partial charge in [-0.05, 0) is 61.8 Å². The van der Waals surface area contributed by atoms with Gasteiger partial charge in [-0.15, -0.1) is 11.3 Å². The largest absolute Gasteiger partial charge is 0.451 e. The van der Waals surface area contributed by atoms with Gasteiger partial charge in [-0.1, -0.05) is 19.1 Å². The van der Waals surface area contributed by atoms with Crippen LogP contribution in [0.1, 0.15) is 56.7 Å². The van der Waals surface area contributed by atoms with E-state index in [2.05, 4.69) is 17.6 Å². The second kappa shape index (κ2) is 8.37. The van der Waals surface area contributed by atoms with Crippen LogP contribution in [0, 0.1) is 5.92 Å². The molecule has 1 saturated carbocycles. The molecule has 6 nitrogen and oxygen atoms in total. The van der Waals surface area contributed by atoms with E-state index < -0.39 is 18.5 Å². The van der Waals surface area contributed by atoms with Crippen molar-refractivity contribution in [2.75, 3.05) is 11.9 Å². The van der Waals surface area contributed by atoms with Crippen molar-refractivity contribution < 1.29 is 19.1 Å². The number of amides is 2. The summed E-state index contributed by atoms with van der Waals surface area (Å²) in [6.45, 7) is 1.82. The van der Waals surface area contributed by atoms with Crippen LogP contribution in [0.25, 0.3) is 0 Å². The zero-order valence-electron chi connectivity index (χ0n) is 16.3. The van der Waals surface area contributed by atoms with E-state index in [1.807, 2.05) is 6.07 Å². The van der Waals surface area contributed by atoms with Crippen molar-refractivity contribution in [3.8, 4) is 0 Å². The summed E-state index contributed by atoms with van der Waals surface area (Å²) in [6, 6.07) is 8.94. The van der Waals surface area contributed by atoms with Gasteiger partial charge in [0.2, 0.25) is 0 Å². The van der Waals surface area contributed by atoms with Crippen LogP contribution in [0.5, 0.6) is 0 Å². The van der Waals surface area contributed by atoms with Crippen LogP contribution < -0.4 is 10.6 Å². The Bertz CT molecular complexity index is 948. The molecule has 7 heteroatoms. The van der Waals surface area contributed by atoms with E-state index in [0.717, 1.165) is 32.1 Å². The number of ether oxygens (including phenoxy) is 1. The number of esters is 1. The molecule has 152 valence electrons. The lowest BCUT2D eigenvalue weighted by atomic mass is 9.90. The summed E-state index contributed by atoms with van der Waals surface area (Å²) in [6.07, 6.45) is 5.09. The van der Waals surface area contributed by atoms with Crippen molar-refractivity contribution in [2.45, 2.75) is 45.1 Å². The molecule has 2 aromatic rings. The van der Waals surface area contributed by atoms with Gasteiger partial charge >= 0.3 is 5.97 Å². The number of rotatable bonds is 6. The highest BCUT2D eigenvalue weighted by Crippen LogP contribution is 2.32. The third kappa shape index (κ3) is 4.85. The van der Waals surface area contributed by atoms with Gasteiger partial charge in [0.25, 0.3) is 11.8 Å². The number of fused-ring (bicyclic) bond motifs is 1. The average molecular weight is 413 g/mol. The Morgan fingerprint density at radius 2 is 1.97 bits per heavy atom. The number of para-hydroxylation sites is 1. The Balaban J connectivity index is 1.33. The minimum absolute atomic E-state index is 0.209. The van der Waals surface area contributed by atoms with E-state index in [-0.39, 0.29) is 11.9 Å². The molecule has 2 aliphatic carbocycles. The quantitative estimate of drug-likeness (QED) is 0.711. The van der Waals surface area contributed by atoms with Gasteiger partial charge in [0.1, 0.15) is 4.88 Å². The maximum atomic E-state index is 12.3. The first-order valence-electron chi connectivity index (χ1n) is 9.98. The van der Waals surface area contributed by atoms with Crippen LogP contribution >= 0.6 is 11.3 Å².